The zero-order valence-electron chi connectivity index (χ0n) is 11.6. The second-order valence-electron chi connectivity index (χ2n) is 4.30. The minimum absolute atomic E-state index is 0.00770. The Morgan fingerprint density at radius 3 is 2.77 bits per heavy atom. The highest BCUT2D eigenvalue weighted by Gasteiger charge is 2.08. The van der Waals surface area contributed by atoms with Gasteiger partial charge in [-0.15, -0.1) is 0 Å². The van der Waals surface area contributed by atoms with Crippen LogP contribution in [0.2, 0.25) is 5.02 Å². The summed E-state index contributed by atoms with van der Waals surface area (Å²) in [7, 11) is 1.40. The fourth-order valence-corrected chi connectivity index (χ4v) is 1.92. The number of nitrogens with zero attached hydrogens (tertiary/aromatic N) is 1. The van der Waals surface area contributed by atoms with Crippen LogP contribution < -0.4 is 10.2 Å². The highest BCUT2D eigenvalue weighted by molar-refractivity contribution is 6.32. The van der Waals surface area contributed by atoms with E-state index in [2.05, 4.69) is 10.5 Å². The molecule has 3 N–H and O–H groups in total. The largest absolute Gasteiger partial charge is 0.508 e. The van der Waals surface area contributed by atoms with Gasteiger partial charge in [0.2, 0.25) is 0 Å². The summed E-state index contributed by atoms with van der Waals surface area (Å²) in [5.41, 5.74) is 3.13. The summed E-state index contributed by atoms with van der Waals surface area (Å²) in [5, 5.41) is 22.8. The van der Waals surface area contributed by atoms with Crippen LogP contribution >= 0.6 is 11.6 Å². The van der Waals surface area contributed by atoms with Gasteiger partial charge in [-0.05, 0) is 35.9 Å². The molecule has 0 bridgehead atoms. The number of nitrogens with one attached hydrogen (secondary N) is 1. The van der Waals surface area contributed by atoms with Gasteiger partial charge in [0.25, 0.3) is 5.91 Å². The maximum absolute atomic E-state index is 11.8. The van der Waals surface area contributed by atoms with Crippen LogP contribution in [-0.4, -0.2) is 29.4 Å². The third-order valence-electron chi connectivity index (χ3n) is 2.76. The lowest BCUT2D eigenvalue weighted by atomic mass is 10.2. The average Bonchev–Trinajstić information content (AvgIpc) is 2.50. The van der Waals surface area contributed by atoms with Gasteiger partial charge in [-0.1, -0.05) is 17.7 Å². The van der Waals surface area contributed by atoms with Crippen LogP contribution in [0.3, 0.4) is 0 Å². The van der Waals surface area contributed by atoms with Crippen molar-refractivity contribution in [2.75, 3.05) is 7.11 Å². The minimum Gasteiger partial charge on any atom is -0.508 e. The number of halogens is 1. The quantitative estimate of drug-likeness (QED) is 0.596. The molecule has 0 heterocycles. The maximum Gasteiger partial charge on any atom is 0.271 e. The first-order valence-corrected chi connectivity index (χ1v) is 6.58. The molecule has 0 aliphatic carbocycles. The molecule has 0 saturated carbocycles. The Hall–Kier alpha value is -2.73. The van der Waals surface area contributed by atoms with Crippen molar-refractivity contribution in [3.05, 3.63) is 52.5 Å². The summed E-state index contributed by atoms with van der Waals surface area (Å²) in [6.07, 6.45) is 1.36. The second kappa shape index (κ2) is 6.82. The van der Waals surface area contributed by atoms with Gasteiger partial charge in [-0.2, -0.15) is 5.10 Å². The highest BCUT2D eigenvalue weighted by Crippen LogP contribution is 2.34. The number of aromatic hydroxyl groups is 2. The van der Waals surface area contributed by atoms with Crippen molar-refractivity contribution in [1.29, 1.82) is 0 Å². The molecule has 0 radical (unpaired) electrons. The predicted octanol–water partition coefficient (Wildman–Crippen LogP) is 2.52. The molecule has 6 nitrogen and oxygen atoms in total. The zero-order chi connectivity index (χ0) is 16.1. The van der Waals surface area contributed by atoms with Crippen LogP contribution in [0.1, 0.15) is 15.9 Å². The van der Waals surface area contributed by atoms with Gasteiger partial charge in [0, 0.05) is 5.56 Å². The Morgan fingerprint density at radius 1 is 1.32 bits per heavy atom. The first-order valence-electron chi connectivity index (χ1n) is 6.20. The molecule has 0 unspecified atom stereocenters. The number of phenolic OH excluding ortho intramolecular Hbond substituents is 2. The second-order valence-corrected chi connectivity index (χ2v) is 4.71. The molecule has 0 atom stereocenters. The topological polar surface area (TPSA) is 91.2 Å². The molecule has 0 aliphatic heterocycles. The van der Waals surface area contributed by atoms with Crippen molar-refractivity contribution in [1.82, 2.24) is 5.43 Å². The number of methoxy groups -OCH3 is 1. The minimum atomic E-state index is -0.469. The van der Waals surface area contributed by atoms with Crippen molar-refractivity contribution < 1.29 is 19.7 Å². The molecule has 1 amide bonds. The Labute approximate surface area is 131 Å². The molecule has 0 fully saturated rings. The van der Waals surface area contributed by atoms with Gasteiger partial charge < -0.3 is 14.9 Å². The van der Waals surface area contributed by atoms with Gasteiger partial charge >= 0.3 is 0 Å². The number of phenols is 2. The molecule has 114 valence electrons. The number of carbonyl (C=O) groups excluding carboxylic acids is 1. The van der Waals surface area contributed by atoms with E-state index in [1.807, 2.05) is 0 Å². The molecule has 0 aliphatic rings. The van der Waals surface area contributed by atoms with E-state index < -0.39 is 5.91 Å². The molecule has 7 heteroatoms. The van der Waals surface area contributed by atoms with Gasteiger partial charge in [-0.25, -0.2) is 5.43 Å². The Morgan fingerprint density at radius 2 is 2.09 bits per heavy atom. The number of carbonyl (C=O) groups is 1. The fourth-order valence-electron chi connectivity index (χ4n) is 1.70. The Balaban J connectivity index is 2.10. The number of hydrogen-bond donors (Lipinski definition) is 3. The SMILES string of the molecule is COc1cc(/C=N/NC(=O)c2cccc(O)c2)cc(Cl)c1O. The summed E-state index contributed by atoms with van der Waals surface area (Å²) >= 11 is 5.85. The summed E-state index contributed by atoms with van der Waals surface area (Å²) < 4.78 is 4.97. The van der Waals surface area contributed by atoms with E-state index in [0.29, 0.717) is 5.56 Å². The molecule has 0 aromatic heterocycles. The number of ether oxygens (including phenoxy) is 1. The molecule has 22 heavy (non-hydrogen) atoms. The highest BCUT2D eigenvalue weighted by atomic mass is 35.5. The lowest BCUT2D eigenvalue weighted by Crippen LogP contribution is -2.17. The van der Waals surface area contributed by atoms with Crippen LogP contribution in [0.25, 0.3) is 0 Å². The van der Waals surface area contributed by atoms with Crippen molar-refractivity contribution in [3.8, 4) is 17.2 Å². The number of rotatable bonds is 4. The number of hydrazone groups is 1. The number of hydrogen-bond acceptors (Lipinski definition) is 5. The number of benzene rings is 2. The molecule has 0 saturated heterocycles. The molecule has 2 aromatic carbocycles. The van der Waals surface area contributed by atoms with Crippen LogP contribution in [-0.2, 0) is 0 Å². The van der Waals surface area contributed by atoms with Gasteiger partial charge in [0.15, 0.2) is 11.5 Å². The molecular formula is C15H13ClN2O4. The normalized spacial score (nSPS) is 10.6. The molecule has 0 spiro atoms. The Bertz CT molecular complexity index is 731. The summed E-state index contributed by atoms with van der Waals surface area (Å²) in [4.78, 5) is 11.8. The maximum atomic E-state index is 11.8. The smallest absolute Gasteiger partial charge is 0.271 e. The third-order valence-corrected chi connectivity index (χ3v) is 3.05. The van der Waals surface area contributed by atoms with Gasteiger partial charge in [-0.3, -0.25) is 4.79 Å². The third kappa shape index (κ3) is 3.67. The van der Waals surface area contributed by atoms with Crippen molar-refractivity contribution >= 4 is 23.7 Å². The number of amides is 1. The van der Waals surface area contributed by atoms with Crippen LogP contribution in [0.4, 0.5) is 0 Å². The van der Waals surface area contributed by atoms with Crippen molar-refractivity contribution in [3.63, 3.8) is 0 Å². The standard InChI is InChI=1S/C15H13ClN2O4/c1-22-13-6-9(5-12(16)14(13)20)8-17-18-15(21)10-3-2-4-11(19)7-10/h2-8,19-20H,1H3,(H,18,21)/b17-8+. The monoisotopic (exact) mass is 320 g/mol. The lowest BCUT2D eigenvalue weighted by molar-refractivity contribution is 0.0954. The van der Waals surface area contributed by atoms with Crippen LogP contribution in [0.5, 0.6) is 17.2 Å². The first kappa shape index (κ1) is 15.7. The zero-order valence-corrected chi connectivity index (χ0v) is 12.3. The van der Waals surface area contributed by atoms with Crippen molar-refractivity contribution in [2.45, 2.75) is 0 Å². The van der Waals surface area contributed by atoms with E-state index in [-0.39, 0.29) is 27.8 Å². The lowest BCUT2D eigenvalue weighted by Gasteiger charge is -2.06. The molecule has 2 rings (SSSR count). The Kier molecular flexibility index (Phi) is 4.85. The molecule has 2 aromatic rings. The van der Waals surface area contributed by atoms with E-state index >= 15 is 0 Å². The summed E-state index contributed by atoms with van der Waals surface area (Å²) in [6, 6.07) is 8.88. The summed E-state index contributed by atoms with van der Waals surface area (Å²) in [5.74, 6) is -0.436. The van der Waals surface area contributed by atoms with Crippen LogP contribution in [0, 0.1) is 0 Å². The van der Waals surface area contributed by atoms with E-state index in [1.165, 1.54) is 37.6 Å². The molecular weight excluding hydrogens is 308 g/mol. The van der Waals surface area contributed by atoms with E-state index in [9.17, 15) is 15.0 Å². The van der Waals surface area contributed by atoms with Gasteiger partial charge in [0.1, 0.15) is 5.75 Å². The summed E-state index contributed by atoms with van der Waals surface area (Å²) in [6.45, 7) is 0. The van der Waals surface area contributed by atoms with E-state index in [1.54, 1.807) is 12.1 Å². The van der Waals surface area contributed by atoms with Crippen molar-refractivity contribution in [2.24, 2.45) is 5.10 Å². The van der Waals surface area contributed by atoms with E-state index in [4.69, 9.17) is 16.3 Å². The van der Waals surface area contributed by atoms with E-state index in [0.717, 1.165) is 0 Å². The first-order chi connectivity index (χ1) is 10.5. The fraction of sp³-hybridized carbons (Fsp3) is 0.0667. The predicted molar refractivity (Wildman–Crippen MR) is 82.8 cm³/mol. The van der Waals surface area contributed by atoms with Gasteiger partial charge in [0.05, 0.1) is 18.3 Å². The average molecular weight is 321 g/mol. The van der Waals surface area contributed by atoms with Crippen LogP contribution in [0.15, 0.2) is 41.5 Å².